The molecule has 60 valence electrons. The van der Waals surface area contributed by atoms with Crippen LogP contribution in [0, 0.1) is 5.92 Å². The SMILES string of the molecule is CC(C)C1OC(O)CC1O. The summed E-state index contributed by atoms with van der Waals surface area (Å²) in [5.41, 5.74) is 0. The summed E-state index contributed by atoms with van der Waals surface area (Å²) in [4.78, 5) is 0. The number of hydrogen-bond donors (Lipinski definition) is 2. The highest BCUT2D eigenvalue weighted by molar-refractivity contribution is 4.79. The maximum absolute atomic E-state index is 9.24. The molecule has 0 aliphatic carbocycles. The number of hydrogen-bond acceptors (Lipinski definition) is 3. The molecule has 0 aromatic heterocycles. The molecule has 2 N–H and O–H groups in total. The fraction of sp³-hybridized carbons (Fsp3) is 1.00. The van der Waals surface area contributed by atoms with Gasteiger partial charge in [0, 0.05) is 6.42 Å². The second-order valence-corrected chi connectivity index (χ2v) is 3.10. The van der Waals surface area contributed by atoms with Gasteiger partial charge in [0.15, 0.2) is 6.29 Å². The third-order valence-electron chi connectivity index (χ3n) is 1.79. The molecule has 3 nitrogen and oxygen atoms in total. The molecule has 1 heterocycles. The summed E-state index contributed by atoms with van der Waals surface area (Å²) in [7, 11) is 0. The lowest BCUT2D eigenvalue weighted by Gasteiger charge is -2.16. The van der Waals surface area contributed by atoms with Crippen LogP contribution in [0.1, 0.15) is 20.3 Å². The third kappa shape index (κ3) is 1.48. The molecule has 1 fully saturated rings. The molecule has 3 unspecified atom stereocenters. The average molecular weight is 146 g/mol. The van der Waals surface area contributed by atoms with Crippen LogP contribution in [0.15, 0.2) is 0 Å². The molecule has 1 rings (SSSR count). The molecule has 0 spiro atoms. The van der Waals surface area contributed by atoms with Crippen molar-refractivity contribution in [2.45, 2.75) is 38.8 Å². The number of aliphatic hydroxyl groups excluding tert-OH is 2. The summed E-state index contributed by atoms with van der Waals surface area (Å²) < 4.78 is 5.04. The largest absolute Gasteiger partial charge is 0.390 e. The predicted molar refractivity (Wildman–Crippen MR) is 36.3 cm³/mol. The van der Waals surface area contributed by atoms with E-state index in [4.69, 9.17) is 9.84 Å². The van der Waals surface area contributed by atoms with E-state index in [1.54, 1.807) is 0 Å². The van der Waals surface area contributed by atoms with Gasteiger partial charge in [-0.3, -0.25) is 0 Å². The summed E-state index contributed by atoms with van der Waals surface area (Å²) in [6.45, 7) is 3.93. The van der Waals surface area contributed by atoms with Crippen LogP contribution >= 0.6 is 0 Å². The van der Waals surface area contributed by atoms with Crippen molar-refractivity contribution in [2.75, 3.05) is 0 Å². The van der Waals surface area contributed by atoms with Gasteiger partial charge >= 0.3 is 0 Å². The van der Waals surface area contributed by atoms with E-state index < -0.39 is 12.4 Å². The van der Waals surface area contributed by atoms with E-state index in [9.17, 15) is 5.11 Å². The minimum Gasteiger partial charge on any atom is -0.390 e. The highest BCUT2D eigenvalue weighted by Crippen LogP contribution is 2.23. The van der Waals surface area contributed by atoms with E-state index in [2.05, 4.69) is 0 Å². The maximum Gasteiger partial charge on any atom is 0.157 e. The Balaban J connectivity index is 2.46. The van der Waals surface area contributed by atoms with Crippen LogP contribution in [-0.4, -0.2) is 28.7 Å². The molecule has 1 aliphatic heterocycles. The normalized spacial score (nSPS) is 41.1. The molecule has 1 aliphatic rings. The molecule has 0 saturated carbocycles. The van der Waals surface area contributed by atoms with Crippen molar-refractivity contribution >= 4 is 0 Å². The van der Waals surface area contributed by atoms with Gasteiger partial charge in [0.05, 0.1) is 12.2 Å². The molecule has 10 heavy (non-hydrogen) atoms. The van der Waals surface area contributed by atoms with Gasteiger partial charge in [0.25, 0.3) is 0 Å². The Morgan fingerprint density at radius 1 is 1.40 bits per heavy atom. The fourth-order valence-corrected chi connectivity index (χ4v) is 1.27. The standard InChI is InChI=1S/C7H14O3/c1-4(2)7-5(8)3-6(9)10-7/h4-9H,3H2,1-2H3. The van der Waals surface area contributed by atoms with Crippen LogP contribution in [0.2, 0.25) is 0 Å². The second-order valence-electron chi connectivity index (χ2n) is 3.10. The summed E-state index contributed by atoms with van der Waals surface area (Å²) in [6.07, 6.45) is -1.09. The minimum atomic E-state index is -0.762. The monoisotopic (exact) mass is 146 g/mol. The van der Waals surface area contributed by atoms with E-state index in [0.29, 0.717) is 6.42 Å². The van der Waals surface area contributed by atoms with E-state index in [-0.39, 0.29) is 12.0 Å². The van der Waals surface area contributed by atoms with Crippen LogP contribution < -0.4 is 0 Å². The van der Waals surface area contributed by atoms with Crippen LogP contribution in [0.3, 0.4) is 0 Å². The van der Waals surface area contributed by atoms with Gasteiger partial charge in [-0.05, 0) is 5.92 Å². The van der Waals surface area contributed by atoms with Crippen molar-refractivity contribution in [2.24, 2.45) is 5.92 Å². The van der Waals surface area contributed by atoms with Crippen molar-refractivity contribution in [1.82, 2.24) is 0 Å². The first-order valence-electron chi connectivity index (χ1n) is 3.63. The molecule has 3 heteroatoms. The maximum atomic E-state index is 9.24. The fourth-order valence-electron chi connectivity index (χ4n) is 1.27. The highest BCUT2D eigenvalue weighted by Gasteiger charge is 2.34. The summed E-state index contributed by atoms with van der Waals surface area (Å²) in [6, 6.07) is 0. The van der Waals surface area contributed by atoms with Crippen molar-refractivity contribution in [3.63, 3.8) is 0 Å². The first-order valence-corrected chi connectivity index (χ1v) is 3.63. The Morgan fingerprint density at radius 3 is 2.20 bits per heavy atom. The van der Waals surface area contributed by atoms with Gasteiger partial charge in [0.1, 0.15) is 0 Å². The zero-order valence-corrected chi connectivity index (χ0v) is 6.32. The Labute approximate surface area is 60.6 Å². The van der Waals surface area contributed by atoms with Crippen LogP contribution in [0.25, 0.3) is 0 Å². The first kappa shape index (κ1) is 7.98. The zero-order valence-electron chi connectivity index (χ0n) is 6.32. The Kier molecular flexibility index (Phi) is 2.28. The number of ether oxygens (including phenoxy) is 1. The molecule has 1 saturated heterocycles. The molecule has 0 aromatic carbocycles. The Morgan fingerprint density at radius 2 is 2.00 bits per heavy atom. The van der Waals surface area contributed by atoms with E-state index >= 15 is 0 Å². The zero-order chi connectivity index (χ0) is 7.72. The van der Waals surface area contributed by atoms with Crippen LogP contribution in [0.5, 0.6) is 0 Å². The van der Waals surface area contributed by atoms with Crippen molar-refractivity contribution < 1.29 is 14.9 Å². The van der Waals surface area contributed by atoms with Gasteiger partial charge in [-0.25, -0.2) is 0 Å². The number of rotatable bonds is 1. The van der Waals surface area contributed by atoms with Gasteiger partial charge in [-0.2, -0.15) is 0 Å². The van der Waals surface area contributed by atoms with Crippen LogP contribution in [0.4, 0.5) is 0 Å². The predicted octanol–water partition coefficient (Wildman–Crippen LogP) is 0.111. The van der Waals surface area contributed by atoms with Crippen molar-refractivity contribution in [1.29, 1.82) is 0 Å². The smallest absolute Gasteiger partial charge is 0.157 e. The molecule has 0 aromatic rings. The van der Waals surface area contributed by atoms with E-state index in [1.165, 1.54) is 0 Å². The molecule has 0 bridgehead atoms. The molecule has 0 amide bonds. The highest BCUT2D eigenvalue weighted by atomic mass is 16.6. The van der Waals surface area contributed by atoms with Gasteiger partial charge in [0.2, 0.25) is 0 Å². The summed E-state index contributed by atoms with van der Waals surface area (Å²) in [5.74, 6) is 0.271. The summed E-state index contributed by atoms with van der Waals surface area (Å²) >= 11 is 0. The first-order chi connectivity index (χ1) is 4.61. The lowest BCUT2D eigenvalue weighted by molar-refractivity contribution is -0.108. The van der Waals surface area contributed by atoms with Crippen molar-refractivity contribution in [3.05, 3.63) is 0 Å². The van der Waals surface area contributed by atoms with Gasteiger partial charge in [-0.1, -0.05) is 13.8 Å². The summed E-state index contributed by atoms with van der Waals surface area (Å²) in [5, 5.41) is 18.2. The topological polar surface area (TPSA) is 49.7 Å². The van der Waals surface area contributed by atoms with Crippen LogP contribution in [-0.2, 0) is 4.74 Å². The Bertz CT molecular complexity index is 113. The van der Waals surface area contributed by atoms with Crippen molar-refractivity contribution in [3.8, 4) is 0 Å². The number of aliphatic hydroxyl groups is 2. The quantitative estimate of drug-likeness (QED) is 0.552. The average Bonchev–Trinajstić information content (AvgIpc) is 2.10. The molecular formula is C7H14O3. The Hall–Kier alpha value is -0.120. The second kappa shape index (κ2) is 2.86. The molecule has 0 radical (unpaired) electrons. The molecule has 3 atom stereocenters. The third-order valence-corrected chi connectivity index (χ3v) is 1.79. The van der Waals surface area contributed by atoms with E-state index in [1.807, 2.05) is 13.8 Å². The lowest BCUT2D eigenvalue weighted by Crippen LogP contribution is -2.26. The lowest BCUT2D eigenvalue weighted by atomic mass is 10.0. The van der Waals surface area contributed by atoms with Gasteiger partial charge in [-0.15, -0.1) is 0 Å². The minimum absolute atomic E-state index is 0.185. The van der Waals surface area contributed by atoms with Gasteiger partial charge < -0.3 is 14.9 Å². The molecular weight excluding hydrogens is 132 g/mol. The van der Waals surface area contributed by atoms with E-state index in [0.717, 1.165) is 0 Å².